The molecule has 1 aromatic heterocycles. The molecule has 8 nitrogen and oxygen atoms in total. The van der Waals surface area contributed by atoms with Gasteiger partial charge < -0.3 is 25.3 Å². The fourth-order valence-electron chi connectivity index (χ4n) is 2.68. The number of amides is 2. The smallest absolute Gasteiger partial charge is 0.439 e. The van der Waals surface area contributed by atoms with Crippen LogP contribution in [0.15, 0.2) is 36.5 Å². The Morgan fingerprint density at radius 3 is 2.39 bits per heavy atom. The number of ether oxygens (including phenoxy) is 3. The van der Waals surface area contributed by atoms with Crippen molar-refractivity contribution < 1.29 is 37.0 Å². The molecule has 0 aliphatic heterocycles. The summed E-state index contributed by atoms with van der Waals surface area (Å²) in [6.45, 7) is 7.43. The van der Waals surface area contributed by atoms with Crippen molar-refractivity contribution in [3.63, 3.8) is 0 Å². The molecule has 33 heavy (non-hydrogen) atoms. The van der Waals surface area contributed by atoms with Gasteiger partial charge in [0.1, 0.15) is 11.5 Å². The second-order valence-electron chi connectivity index (χ2n) is 8.48. The SMILES string of the molecule is Cc1ccc(Oc2ccc(NC(=O)[C@@H](CCC(C)(C)C)OC(N)=O)cn2)cc1OC(F)(F)F. The maximum absolute atomic E-state index is 12.5. The molecule has 3 N–H and O–H groups in total. The molecule has 2 rings (SSSR count). The van der Waals surface area contributed by atoms with Crippen molar-refractivity contribution >= 4 is 17.7 Å². The molecule has 1 atom stereocenters. The summed E-state index contributed by atoms with van der Waals surface area (Å²) < 4.78 is 51.9. The van der Waals surface area contributed by atoms with Crippen LogP contribution in [0, 0.1) is 12.3 Å². The number of nitrogens with one attached hydrogen (secondary N) is 1. The Labute approximate surface area is 189 Å². The third-order valence-electron chi connectivity index (χ3n) is 4.32. The number of anilines is 1. The summed E-state index contributed by atoms with van der Waals surface area (Å²) in [5.41, 5.74) is 5.57. The minimum atomic E-state index is -4.83. The normalized spacial score (nSPS) is 12.6. The van der Waals surface area contributed by atoms with Crippen LogP contribution in [0.2, 0.25) is 0 Å². The molecule has 0 spiro atoms. The minimum Gasteiger partial charge on any atom is -0.439 e. The van der Waals surface area contributed by atoms with Gasteiger partial charge in [-0.1, -0.05) is 26.8 Å². The number of pyridine rings is 1. The Hall–Kier alpha value is -3.50. The van der Waals surface area contributed by atoms with Crippen molar-refractivity contribution in [3.05, 3.63) is 42.1 Å². The van der Waals surface area contributed by atoms with Gasteiger partial charge in [0, 0.05) is 12.1 Å². The lowest BCUT2D eigenvalue weighted by Gasteiger charge is -2.22. The van der Waals surface area contributed by atoms with Crippen LogP contribution in [0.3, 0.4) is 0 Å². The summed E-state index contributed by atoms with van der Waals surface area (Å²) in [5, 5.41) is 2.58. The number of nitrogens with zero attached hydrogens (tertiary/aromatic N) is 1. The molecular weight excluding hydrogens is 443 g/mol. The summed E-state index contributed by atoms with van der Waals surface area (Å²) in [6.07, 6.45) is -4.78. The summed E-state index contributed by atoms with van der Waals surface area (Å²) in [5.74, 6) is -0.797. The molecule has 0 unspecified atom stereocenters. The van der Waals surface area contributed by atoms with Gasteiger partial charge in [-0.3, -0.25) is 4.79 Å². The van der Waals surface area contributed by atoms with Crippen LogP contribution < -0.4 is 20.5 Å². The largest absolute Gasteiger partial charge is 0.573 e. The third-order valence-corrected chi connectivity index (χ3v) is 4.32. The Morgan fingerprint density at radius 2 is 1.85 bits per heavy atom. The van der Waals surface area contributed by atoms with Crippen molar-refractivity contribution in [1.29, 1.82) is 0 Å². The lowest BCUT2D eigenvalue weighted by molar-refractivity contribution is -0.274. The van der Waals surface area contributed by atoms with Crippen LogP contribution in [-0.4, -0.2) is 29.5 Å². The van der Waals surface area contributed by atoms with Gasteiger partial charge in [0.25, 0.3) is 5.91 Å². The van der Waals surface area contributed by atoms with E-state index in [0.29, 0.717) is 12.1 Å². The van der Waals surface area contributed by atoms with Gasteiger partial charge in [-0.05, 0) is 42.9 Å². The van der Waals surface area contributed by atoms with E-state index in [2.05, 4.69) is 15.0 Å². The predicted molar refractivity (Wildman–Crippen MR) is 114 cm³/mol. The van der Waals surface area contributed by atoms with Crippen molar-refractivity contribution in [2.24, 2.45) is 11.1 Å². The lowest BCUT2D eigenvalue weighted by atomic mass is 9.89. The molecule has 0 aliphatic rings. The Kier molecular flexibility index (Phi) is 8.13. The van der Waals surface area contributed by atoms with E-state index in [9.17, 15) is 22.8 Å². The predicted octanol–water partition coefficient (Wildman–Crippen LogP) is 5.31. The first-order valence-electron chi connectivity index (χ1n) is 9.99. The monoisotopic (exact) mass is 469 g/mol. The van der Waals surface area contributed by atoms with Gasteiger partial charge in [-0.25, -0.2) is 9.78 Å². The van der Waals surface area contributed by atoms with E-state index in [1.807, 2.05) is 20.8 Å². The number of alkyl halides is 3. The number of hydrogen-bond donors (Lipinski definition) is 2. The average molecular weight is 469 g/mol. The number of carbonyl (C=O) groups is 2. The van der Waals surface area contributed by atoms with Crippen LogP contribution in [0.1, 0.15) is 39.2 Å². The number of aromatic nitrogens is 1. The average Bonchev–Trinajstić information content (AvgIpc) is 2.67. The maximum atomic E-state index is 12.5. The summed E-state index contributed by atoms with van der Waals surface area (Å²) in [6, 6.07) is 6.88. The Bertz CT molecular complexity index is 973. The number of benzene rings is 1. The Morgan fingerprint density at radius 1 is 1.15 bits per heavy atom. The van der Waals surface area contributed by atoms with Gasteiger partial charge >= 0.3 is 12.5 Å². The van der Waals surface area contributed by atoms with E-state index in [-0.39, 0.29) is 34.8 Å². The molecule has 0 fully saturated rings. The van der Waals surface area contributed by atoms with Crippen LogP contribution >= 0.6 is 0 Å². The van der Waals surface area contributed by atoms with Crippen LogP contribution in [0.5, 0.6) is 17.4 Å². The standard InChI is InChI=1S/C22H26F3N3O5/c1-13-5-7-15(11-17(13)33-22(23,24)25)31-18-8-6-14(12-27-18)28-19(29)16(32-20(26)30)9-10-21(2,3)4/h5-8,11-12,16H,9-10H2,1-4H3,(H2,26,30)(H,28,29)/t16-/m1/s1. The summed E-state index contributed by atoms with van der Waals surface area (Å²) in [4.78, 5) is 27.7. The highest BCUT2D eigenvalue weighted by Gasteiger charge is 2.32. The first-order chi connectivity index (χ1) is 15.2. The molecule has 180 valence electrons. The molecule has 0 aliphatic carbocycles. The molecule has 2 aromatic rings. The number of primary amides is 1. The highest BCUT2D eigenvalue weighted by Crippen LogP contribution is 2.31. The maximum Gasteiger partial charge on any atom is 0.573 e. The van der Waals surface area contributed by atoms with E-state index in [4.69, 9.17) is 15.2 Å². The van der Waals surface area contributed by atoms with Crippen LogP contribution in [0.4, 0.5) is 23.7 Å². The molecule has 0 saturated carbocycles. The number of nitrogens with two attached hydrogens (primary N) is 1. The zero-order valence-corrected chi connectivity index (χ0v) is 18.7. The molecule has 0 radical (unpaired) electrons. The van der Waals surface area contributed by atoms with Crippen LogP contribution in [0.25, 0.3) is 0 Å². The molecule has 0 saturated heterocycles. The van der Waals surface area contributed by atoms with Crippen molar-refractivity contribution in [3.8, 4) is 17.4 Å². The van der Waals surface area contributed by atoms with Crippen molar-refractivity contribution in [1.82, 2.24) is 4.98 Å². The number of rotatable bonds is 8. The van der Waals surface area contributed by atoms with Crippen LogP contribution in [-0.2, 0) is 9.53 Å². The molecular formula is C22H26F3N3O5. The highest BCUT2D eigenvalue weighted by atomic mass is 19.4. The third kappa shape index (κ3) is 9.26. The van der Waals surface area contributed by atoms with E-state index < -0.39 is 24.5 Å². The molecule has 0 bridgehead atoms. The number of halogens is 3. The molecule has 1 heterocycles. The van der Waals surface area contributed by atoms with Crippen molar-refractivity contribution in [2.75, 3.05) is 5.32 Å². The topological polar surface area (TPSA) is 113 Å². The van der Waals surface area contributed by atoms with E-state index in [1.54, 1.807) is 0 Å². The number of carbonyl (C=O) groups excluding carboxylic acids is 2. The summed E-state index contributed by atoms with van der Waals surface area (Å²) >= 11 is 0. The molecule has 1 aromatic carbocycles. The first kappa shape index (κ1) is 25.8. The number of aryl methyl sites for hydroxylation is 1. The van der Waals surface area contributed by atoms with E-state index in [1.165, 1.54) is 37.4 Å². The van der Waals surface area contributed by atoms with Gasteiger partial charge in [0.05, 0.1) is 11.9 Å². The number of hydrogen-bond acceptors (Lipinski definition) is 6. The molecule has 2 amide bonds. The summed E-state index contributed by atoms with van der Waals surface area (Å²) in [7, 11) is 0. The van der Waals surface area contributed by atoms with E-state index in [0.717, 1.165) is 6.07 Å². The highest BCUT2D eigenvalue weighted by molar-refractivity contribution is 5.95. The van der Waals surface area contributed by atoms with E-state index >= 15 is 0 Å². The lowest BCUT2D eigenvalue weighted by Crippen LogP contribution is -2.35. The van der Waals surface area contributed by atoms with Crippen molar-refractivity contribution in [2.45, 2.75) is 53.0 Å². The van der Waals surface area contributed by atoms with Gasteiger partial charge in [0.2, 0.25) is 5.88 Å². The first-order valence-corrected chi connectivity index (χ1v) is 9.99. The second kappa shape index (κ2) is 10.4. The quantitative estimate of drug-likeness (QED) is 0.542. The Balaban J connectivity index is 2.05. The fourth-order valence-corrected chi connectivity index (χ4v) is 2.68. The molecule has 11 heteroatoms. The fraction of sp³-hybridized carbons (Fsp3) is 0.409. The zero-order chi connectivity index (χ0) is 24.8. The van der Waals surface area contributed by atoms with Gasteiger partial charge in [0.15, 0.2) is 6.10 Å². The zero-order valence-electron chi connectivity index (χ0n) is 18.7. The minimum absolute atomic E-state index is 0.0764. The van der Waals surface area contributed by atoms with Gasteiger partial charge in [-0.2, -0.15) is 0 Å². The second-order valence-corrected chi connectivity index (χ2v) is 8.48. The van der Waals surface area contributed by atoms with Gasteiger partial charge in [-0.15, -0.1) is 13.2 Å².